The SMILES string of the molecule is CCC(C)C(C)NC(=O)c1cccnc1NC. The molecule has 0 saturated carbocycles. The highest BCUT2D eigenvalue weighted by molar-refractivity contribution is 5.98. The van der Waals surface area contributed by atoms with Gasteiger partial charge in [-0.2, -0.15) is 0 Å². The van der Waals surface area contributed by atoms with E-state index in [0.717, 1.165) is 6.42 Å². The van der Waals surface area contributed by atoms with Crippen LogP contribution in [-0.2, 0) is 0 Å². The molecule has 1 aromatic rings. The van der Waals surface area contributed by atoms with Crippen LogP contribution in [-0.4, -0.2) is 24.0 Å². The zero-order valence-corrected chi connectivity index (χ0v) is 10.9. The van der Waals surface area contributed by atoms with Crippen molar-refractivity contribution in [2.24, 2.45) is 5.92 Å². The van der Waals surface area contributed by atoms with Crippen LogP contribution in [0.15, 0.2) is 18.3 Å². The molecule has 0 aromatic carbocycles. The maximum Gasteiger partial charge on any atom is 0.255 e. The van der Waals surface area contributed by atoms with E-state index in [9.17, 15) is 4.79 Å². The second kappa shape index (κ2) is 6.23. The summed E-state index contributed by atoms with van der Waals surface area (Å²) in [7, 11) is 1.76. The summed E-state index contributed by atoms with van der Waals surface area (Å²) in [6.45, 7) is 6.28. The molecule has 0 aliphatic heterocycles. The van der Waals surface area contributed by atoms with Gasteiger partial charge in [-0.05, 0) is 25.0 Å². The van der Waals surface area contributed by atoms with Gasteiger partial charge in [0.15, 0.2) is 0 Å². The number of carbonyl (C=O) groups is 1. The number of anilines is 1. The van der Waals surface area contributed by atoms with Gasteiger partial charge in [-0.25, -0.2) is 4.98 Å². The third kappa shape index (κ3) is 3.44. The fraction of sp³-hybridized carbons (Fsp3) is 0.538. The lowest BCUT2D eigenvalue weighted by atomic mass is 10.0. The van der Waals surface area contributed by atoms with Crippen molar-refractivity contribution in [3.05, 3.63) is 23.9 Å². The normalized spacial score (nSPS) is 13.9. The molecule has 0 saturated heterocycles. The summed E-state index contributed by atoms with van der Waals surface area (Å²) < 4.78 is 0. The van der Waals surface area contributed by atoms with Crippen molar-refractivity contribution >= 4 is 11.7 Å². The fourth-order valence-corrected chi connectivity index (χ4v) is 1.57. The number of nitrogens with zero attached hydrogens (tertiary/aromatic N) is 1. The Morgan fingerprint density at radius 1 is 1.47 bits per heavy atom. The molecule has 0 aliphatic carbocycles. The number of rotatable bonds is 5. The van der Waals surface area contributed by atoms with Gasteiger partial charge >= 0.3 is 0 Å². The molecule has 2 unspecified atom stereocenters. The van der Waals surface area contributed by atoms with Crippen molar-refractivity contribution in [2.45, 2.75) is 33.2 Å². The summed E-state index contributed by atoms with van der Waals surface area (Å²) in [5.74, 6) is 1.00. The monoisotopic (exact) mass is 235 g/mol. The first kappa shape index (κ1) is 13.5. The van der Waals surface area contributed by atoms with Crippen molar-refractivity contribution in [1.82, 2.24) is 10.3 Å². The van der Waals surface area contributed by atoms with Crippen LogP contribution < -0.4 is 10.6 Å². The summed E-state index contributed by atoms with van der Waals surface area (Å²) >= 11 is 0. The van der Waals surface area contributed by atoms with E-state index in [-0.39, 0.29) is 11.9 Å². The lowest BCUT2D eigenvalue weighted by Crippen LogP contribution is -2.37. The predicted molar refractivity (Wildman–Crippen MR) is 70.2 cm³/mol. The predicted octanol–water partition coefficient (Wildman–Crippen LogP) is 2.29. The number of hydrogen-bond donors (Lipinski definition) is 2. The zero-order valence-electron chi connectivity index (χ0n) is 10.9. The lowest BCUT2D eigenvalue weighted by Gasteiger charge is -2.20. The Labute approximate surface area is 103 Å². The summed E-state index contributed by atoms with van der Waals surface area (Å²) in [4.78, 5) is 16.2. The van der Waals surface area contributed by atoms with Crippen molar-refractivity contribution in [3.63, 3.8) is 0 Å². The van der Waals surface area contributed by atoms with Crippen molar-refractivity contribution in [3.8, 4) is 0 Å². The molecule has 1 heterocycles. The molecule has 1 amide bonds. The lowest BCUT2D eigenvalue weighted by molar-refractivity contribution is 0.0928. The molecule has 94 valence electrons. The van der Waals surface area contributed by atoms with Gasteiger partial charge in [-0.1, -0.05) is 20.3 Å². The van der Waals surface area contributed by atoms with E-state index in [4.69, 9.17) is 0 Å². The number of aromatic nitrogens is 1. The van der Waals surface area contributed by atoms with Gasteiger partial charge in [0.05, 0.1) is 5.56 Å². The first-order chi connectivity index (χ1) is 8.10. The third-order valence-electron chi connectivity index (χ3n) is 3.15. The molecule has 1 aromatic heterocycles. The Bertz CT molecular complexity index is 379. The largest absolute Gasteiger partial charge is 0.372 e. The van der Waals surface area contributed by atoms with E-state index in [1.54, 1.807) is 25.4 Å². The average Bonchev–Trinajstić information content (AvgIpc) is 2.37. The standard InChI is InChI=1S/C13H21N3O/c1-5-9(2)10(3)16-13(17)11-7-6-8-15-12(11)14-4/h6-10H,5H2,1-4H3,(H,14,15)(H,16,17). The Hall–Kier alpha value is -1.58. The van der Waals surface area contributed by atoms with Gasteiger partial charge in [-0.15, -0.1) is 0 Å². The molecule has 0 aliphatic rings. The maximum atomic E-state index is 12.1. The number of carbonyl (C=O) groups excluding carboxylic acids is 1. The number of hydrogen-bond acceptors (Lipinski definition) is 3. The molecule has 0 bridgehead atoms. The van der Waals surface area contributed by atoms with Gasteiger partial charge in [-0.3, -0.25) is 4.79 Å². The molecule has 2 N–H and O–H groups in total. The highest BCUT2D eigenvalue weighted by atomic mass is 16.1. The fourth-order valence-electron chi connectivity index (χ4n) is 1.57. The molecule has 0 spiro atoms. The molecular weight excluding hydrogens is 214 g/mol. The van der Waals surface area contributed by atoms with Gasteiger partial charge in [0, 0.05) is 19.3 Å². The third-order valence-corrected chi connectivity index (χ3v) is 3.15. The second-order valence-electron chi connectivity index (χ2n) is 4.30. The van der Waals surface area contributed by atoms with Gasteiger partial charge in [0.1, 0.15) is 5.82 Å². The van der Waals surface area contributed by atoms with Crippen molar-refractivity contribution in [2.75, 3.05) is 12.4 Å². The molecule has 0 fully saturated rings. The van der Waals surface area contributed by atoms with Crippen LogP contribution in [0.4, 0.5) is 5.82 Å². The van der Waals surface area contributed by atoms with Crippen molar-refractivity contribution < 1.29 is 4.79 Å². The number of pyridine rings is 1. The average molecular weight is 235 g/mol. The zero-order chi connectivity index (χ0) is 12.8. The van der Waals surface area contributed by atoms with Crippen LogP contribution in [0.3, 0.4) is 0 Å². The molecule has 4 heteroatoms. The molecule has 1 rings (SSSR count). The Kier molecular flexibility index (Phi) is 4.94. The molecule has 4 nitrogen and oxygen atoms in total. The van der Waals surface area contributed by atoms with Crippen LogP contribution in [0.5, 0.6) is 0 Å². The first-order valence-electron chi connectivity index (χ1n) is 6.03. The van der Waals surface area contributed by atoms with Crippen LogP contribution >= 0.6 is 0 Å². The van der Waals surface area contributed by atoms with Crippen LogP contribution in [0.25, 0.3) is 0 Å². The van der Waals surface area contributed by atoms with Crippen LogP contribution in [0.1, 0.15) is 37.6 Å². The Morgan fingerprint density at radius 2 is 2.18 bits per heavy atom. The molecule has 2 atom stereocenters. The van der Waals surface area contributed by atoms with Crippen LogP contribution in [0.2, 0.25) is 0 Å². The van der Waals surface area contributed by atoms with Gasteiger partial charge in [0.25, 0.3) is 5.91 Å². The minimum absolute atomic E-state index is 0.0738. The second-order valence-corrected chi connectivity index (χ2v) is 4.30. The smallest absolute Gasteiger partial charge is 0.255 e. The minimum Gasteiger partial charge on any atom is -0.372 e. The molecular formula is C13H21N3O. The number of amides is 1. The number of nitrogens with one attached hydrogen (secondary N) is 2. The van der Waals surface area contributed by atoms with E-state index in [0.29, 0.717) is 17.3 Å². The first-order valence-corrected chi connectivity index (χ1v) is 6.03. The van der Waals surface area contributed by atoms with Gasteiger partial charge < -0.3 is 10.6 Å². The van der Waals surface area contributed by atoms with E-state index >= 15 is 0 Å². The maximum absolute atomic E-state index is 12.1. The molecule has 0 radical (unpaired) electrons. The van der Waals surface area contributed by atoms with E-state index in [1.165, 1.54) is 0 Å². The van der Waals surface area contributed by atoms with E-state index < -0.39 is 0 Å². The summed E-state index contributed by atoms with van der Waals surface area (Å²) in [5, 5.41) is 5.92. The summed E-state index contributed by atoms with van der Waals surface area (Å²) in [6.07, 6.45) is 2.72. The molecule has 17 heavy (non-hydrogen) atoms. The highest BCUT2D eigenvalue weighted by Gasteiger charge is 2.16. The van der Waals surface area contributed by atoms with E-state index in [2.05, 4.69) is 29.5 Å². The Morgan fingerprint density at radius 3 is 2.76 bits per heavy atom. The van der Waals surface area contributed by atoms with E-state index in [1.807, 2.05) is 6.92 Å². The highest BCUT2D eigenvalue weighted by Crippen LogP contribution is 2.12. The van der Waals surface area contributed by atoms with Crippen LogP contribution in [0, 0.1) is 5.92 Å². The minimum atomic E-state index is -0.0738. The van der Waals surface area contributed by atoms with Gasteiger partial charge in [0.2, 0.25) is 0 Å². The topological polar surface area (TPSA) is 54.0 Å². The summed E-state index contributed by atoms with van der Waals surface area (Å²) in [5.41, 5.74) is 0.588. The van der Waals surface area contributed by atoms with Crippen molar-refractivity contribution in [1.29, 1.82) is 0 Å². The Balaban J connectivity index is 2.76. The summed E-state index contributed by atoms with van der Waals surface area (Å²) in [6, 6.07) is 3.71. The quantitative estimate of drug-likeness (QED) is 0.823.